The van der Waals surface area contributed by atoms with E-state index >= 15 is 0 Å². The van der Waals surface area contributed by atoms with Gasteiger partial charge in [0.1, 0.15) is 5.78 Å². The van der Waals surface area contributed by atoms with Crippen molar-refractivity contribution in [1.82, 2.24) is 0 Å². The lowest BCUT2D eigenvalue weighted by Gasteiger charge is -2.17. The SMILES string of the molecule is CCCC(C)(C)C.CCCOCCOCCC(=O)C(C)(C)C.CNc1ccc(C(=O)C(C)(C)C)cc1.Cc1ccc(CCC(C)(C)C)cc1. The Hall–Kier alpha value is -2.50. The quantitative estimate of drug-likeness (QED) is 0.168. The van der Waals surface area contributed by atoms with Crippen molar-refractivity contribution in [2.24, 2.45) is 21.7 Å². The molecule has 2 rings (SSSR count). The normalized spacial score (nSPS) is 11.6. The second-order valence-electron chi connectivity index (χ2n) is 17.4. The molecule has 0 amide bonds. The Morgan fingerprint density at radius 2 is 1.10 bits per heavy atom. The molecule has 0 aromatic heterocycles. The van der Waals surface area contributed by atoms with Crippen LogP contribution in [0.2, 0.25) is 0 Å². The van der Waals surface area contributed by atoms with Gasteiger partial charge in [0, 0.05) is 42.2 Å². The first-order valence-electron chi connectivity index (χ1n) is 18.5. The minimum atomic E-state index is -0.304. The Labute approximate surface area is 303 Å². The first kappa shape index (κ1) is 48.6. The number of ether oxygens (including phenoxy) is 2. The topological polar surface area (TPSA) is 64.6 Å². The molecule has 0 heterocycles. The molecule has 0 aliphatic heterocycles. The Bertz CT molecular complexity index is 1120. The number of carbonyl (C=O) groups is 2. The predicted octanol–water partition coefficient (Wildman–Crippen LogP) is 12.2. The first-order chi connectivity index (χ1) is 22.5. The van der Waals surface area contributed by atoms with Gasteiger partial charge in [0.25, 0.3) is 0 Å². The minimum Gasteiger partial charge on any atom is -0.388 e. The second-order valence-corrected chi connectivity index (χ2v) is 17.4. The van der Waals surface area contributed by atoms with E-state index in [4.69, 9.17) is 9.47 Å². The molecule has 0 aliphatic rings. The lowest BCUT2D eigenvalue weighted by Crippen LogP contribution is -2.21. The molecule has 5 nitrogen and oxygen atoms in total. The van der Waals surface area contributed by atoms with Gasteiger partial charge in [-0.1, -0.05) is 133 Å². The molecule has 0 bridgehead atoms. The van der Waals surface area contributed by atoms with E-state index in [0.29, 0.717) is 37.1 Å². The van der Waals surface area contributed by atoms with Crippen LogP contribution in [0.3, 0.4) is 0 Å². The highest BCUT2D eigenvalue weighted by Crippen LogP contribution is 2.23. The van der Waals surface area contributed by atoms with Gasteiger partial charge in [0.2, 0.25) is 0 Å². The zero-order valence-corrected chi connectivity index (χ0v) is 34.8. The molecule has 0 atom stereocenters. The predicted molar refractivity (Wildman–Crippen MR) is 214 cm³/mol. The molecular weight excluding hydrogens is 606 g/mol. The molecule has 0 unspecified atom stereocenters. The van der Waals surface area contributed by atoms with Crippen molar-refractivity contribution < 1.29 is 19.1 Å². The Balaban J connectivity index is 0. The highest BCUT2D eigenvalue weighted by atomic mass is 16.5. The van der Waals surface area contributed by atoms with Crippen molar-refractivity contribution in [1.29, 1.82) is 0 Å². The highest BCUT2D eigenvalue weighted by molar-refractivity contribution is 6.00. The molecule has 2 aromatic rings. The van der Waals surface area contributed by atoms with Crippen molar-refractivity contribution in [2.45, 2.75) is 142 Å². The van der Waals surface area contributed by atoms with E-state index in [0.717, 1.165) is 24.3 Å². The van der Waals surface area contributed by atoms with Gasteiger partial charge in [-0.25, -0.2) is 0 Å². The van der Waals surface area contributed by atoms with E-state index in [1.165, 1.54) is 36.8 Å². The van der Waals surface area contributed by atoms with Crippen LogP contribution in [0, 0.1) is 28.6 Å². The van der Waals surface area contributed by atoms with Crippen LogP contribution in [0.15, 0.2) is 48.5 Å². The van der Waals surface area contributed by atoms with Gasteiger partial charge >= 0.3 is 0 Å². The summed E-state index contributed by atoms with van der Waals surface area (Å²) in [5, 5.41) is 3.02. The van der Waals surface area contributed by atoms with Gasteiger partial charge in [0.15, 0.2) is 5.78 Å². The summed E-state index contributed by atoms with van der Waals surface area (Å²) in [5.74, 6) is 0.428. The van der Waals surface area contributed by atoms with Gasteiger partial charge in [-0.2, -0.15) is 0 Å². The maximum atomic E-state index is 11.8. The summed E-state index contributed by atoms with van der Waals surface area (Å²) < 4.78 is 10.5. The van der Waals surface area contributed by atoms with E-state index in [1.807, 2.05) is 72.9 Å². The van der Waals surface area contributed by atoms with Crippen LogP contribution in [-0.2, 0) is 20.7 Å². The van der Waals surface area contributed by atoms with Crippen molar-refractivity contribution in [3.05, 3.63) is 65.2 Å². The van der Waals surface area contributed by atoms with E-state index in [-0.39, 0.29) is 22.4 Å². The molecule has 282 valence electrons. The minimum absolute atomic E-state index is 0.181. The zero-order chi connectivity index (χ0) is 38.3. The smallest absolute Gasteiger partial charge is 0.168 e. The fourth-order valence-corrected chi connectivity index (χ4v) is 4.25. The van der Waals surface area contributed by atoms with Crippen LogP contribution in [0.1, 0.15) is 151 Å². The van der Waals surface area contributed by atoms with Crippen molar-refractivity contribution in [3.63, 3.8) is 0 Å². The molecule has 0 saturated carbocycles. The van der Waals surface area contributed by atoms with Crippen molar-refractivity contribution in [2.75, 3.05) is 38.8 Å². The first-order valence-corrected chi connectivity index (χ1v) is 18.5. The van der Waals surface area contributed by atoms with Crippen LogP contribution in [0.25, 0.3) is 0 Å². The van der Waals surface area contributed by atoms with Crippen LogP contribution < -0.4 is 5.32 Å². The summed E-state index contributed by atoms with van der Waals surface area (Å²) in [7, 11) is 1.86. The van der Waals surface area contributed by atoms with E-state index in [2.05, 4.69) is 91.9 Å². The summed E-state index contributed by atoms with van der Waals surface area (Å²) >= 11 is 0. The molecule has 0 spiro atoms. The van der Waals surface area contributed by atoms with Crippen LogP contribution in [-0.4, -0.2) is 45.0 Å². The van der Waals surface area contributed by atoms with Gasteiger partial charge in [-0.15, -0.1) is 0 Å². The number of nitrogens with one attached hydrogen (secondary N) is 1. The van der Waals surface area contributed by atoms with Gasteiger partial charge in [0.05, 0.1) is 19.8 Å². The summed E-state index contributed by atoms with van der Waals surface area (Å²) in [6.07, 6.45) is 6.64. The zero-order valence-electron chi connectivity index (χ0n) is 34.8. The average molecular weight is 684 g/mol. The number of Topliss-reactive ketones (excluding diaryl/α,β-unsaturated/α-hetero) is 2. The fourth-order valence-electron chi connectivity index (χ4n) is 4.25. The lowest BCUT2D eigenvalue weighted by molar-refractivity contribution is -0.127. The largest absolute Gasteiger partial charge is 0.388 e. The maximum Gasteiger partial charge on any atom is 0.168 e. The standard InChI is InChI=1S/C13H20.C12H17NO.C12H24O3.C7H16/c1-11-5-7-12(8-6-11)9-10-13(2,3)4;1-12(2,3)11(14)9-5-7-10(13-4)8-6-9;1-5-7-14-9-10-15-8-6-11(13)12(2,3)4;1-5-6-7(2,3)4/h5-8H,9-10H2,1-4H3;5-8,13H,1-4H3;5-10H2,1-4H3;5-6H2,1-4H3. The van der Waals surface area contributed by atoms with Crippen LogP contribution in [0.4, 0.5) is 5.69 Å². The Morgan fingerprint density at radius 1 is 0.612 bits per heavy atom. The second kappa shape index (κ2) is 24.6. The maximum absolute atomic E-state index is 11.8. The third-order valence-corrected chi connectivity index (χ3v) is 7.43. The molecule has 5 heteroatoms. The van der Waals surface area contributed by atoms with Gasteiger partial charge < -0.3 is 14.8 Å². The number of anilines is 1. The molecule has 2 aromatic carbocycles. The fraction of sp³-hybridized carbons (Fsp3) is 0.682. The molecule has 0 saturated heterocycles. The summed E-state index contributed by atoms with van der Waals surface area (Å²) in [5.41, 5.74) is 5.05. The number of aryl methyl sites for hydroxylation is 2. The molecule has 0 aliphatic carbocycles. The molecule has 0 radical (unpaired) electrons. The number of hydrogen-bond acceptors (Lipinski definition) is 5. The Kier molecular flexibility index (Phi) is 24.4. The summed E-state index contributed by atoms with van der Waals surface area (Å²) in [6, 6.07) is 16.4. The highest BCUT2D eigenvalue weighted by Gasteiger charge is 2.22. The number of ketones is 2. The molecular formula is C44H77NO4. The van der Waals surface area contributed by atoms with Crippen molar-refractivity contribution >= 4 is 17.3 Å². The Morgan fingerprint density at radius 3 is 1.47 bits per heavy atom. The molecule has 1 N–H and O–H groups in total. The van der Waals surface area contributed by atoms with Gasteiger partial charge in [-0.05, 0) is 73.3 Å². The number of rotatable bonds is 13. The third kappa shape index (κ3) is 29.0. The van der Waals surface area contributed by atoms with Crippen LogP contribution in [0.5, 0.6) is 0 Å². The average Bonchev–Trinajstić information content (AvgIpc) is 2.99. The van der Waals surface area contributed by atoms with Crippen molar-refractivity contribution in [3.8, 4) is 0 Å². The van der Waals surface area contributed by atoms with E-state index in [1.54, 1.807) is 0 Å². The van der Waals surface area contributed by atoms with E-state index < -0.39 is 0 Å². The monoisotopic (exact) mass is 684 g/mol. The third-order valence-electron chi connectivity index (χ3n) is 7.43. The number of carbonyl (C=O) groups excluding carboxylic acids is 2. The van der Waals surface area contributed by atoms with E-state index in [9.17, 15) is 9.59 Å². The van der Waals surface area contributed by atoms with Gasteiger partial charge in [-0.3, -0.25) is 9.59 Å². The molecule has 49 heavy (non-hydrogen) atoms. The number of hydrogen-bond donors (Lipinski definition) is 1. The molecule has 0 fully saturated rings. The summed E-state index contributed by atoms with van der Waals surface area (Å²) in [6.45, 7) is 34.2. The van der Waals surface area contributed by atoms with Crippen LogP contribution >= 0.6 is 0 Å². The number of benzene rings is 2. The lowest BCUT2D eigenvalue weighted by atomic mass is 9.86. The summed E-state index contributed by atoms with van der Waals surface area (Å²) in [4.78, 5) is 23.3.